The molecular weight excluding hydrogens is 527 g/mol. The molecular formula is C28H28Cl2N4O2S. The molecule has 1 atom stereocenters. The topological polar surface area (TPSA) is 75.5 Å². The largest absolute Gasteiger partial charge is 0.344 e. The Morgan fingerprint density at radius 1 is 1.08 bits per heavy atom. The van der Waals surface area contributed by atoms with E-state index in [9.17, 15) is 9.59 Å². The lowest BCUT2D eigenvalue weighted by Crippen LogP contribution is -2.49. The van der Waals surface area contributed by atoms with E-state index in [-0.39, 0.29) is 24.2 Å². The predicted octanol–water partition coefficient (Wildman–Crippen LogP) is 6.20. The van der Waals surface area contributed by atoms with E-state index in [0.717, 1.165) is 32.6 Å². The summed E-state index contributed by atoms with van der Waals surface area (Å²) in [6.45, 7) is 6.40. The number of hydrazone groups is 1. The number of fused-ring (bicyclic) bond motifs is 1. The molecule has 9 heteroatoms. The number of carbonyl (C=O) groups is 2. The first-order valence-electron chi connectivity index (χ1n) is 11.9. The van der Waals surface area contributed by atoms with E-state index in [1.165, 1.54) is 11.3 Å². The van der Waals surface area contributed by atoms with Gasteiger partial charge in [0.25, 0.3) is 5.91 Å². The molecule has 0 saturated heterocycles. The van der Waals surface area contributed by atoms with Gasteiger partial charge in [-0.2, -0.15) is 5.10 Å². The number of amides is 2. The SMILES string of the molecule is Cc1c(C=NNC(=O)C(NC(=O)Cc2cccs2)C(C)C)c2ccccc2n1Cc1ccc(Cl)c(Cl)c1. The highest BCUT2D eigenvalue weighted by atomic mass is 35.5. The minimum absolute atomic E-state index is 0.0997. The third-order valence-electron chi connectivity index (χ3n) is 6.15. The first-order valence-corrected chi connectivity index (χ1v) is 13.5. The molecule has 0 fully saturated rings. The van der Waals surface area contributed by atoms with Crippen molar-refractivity contribution in [2.24, 2.45) is 11.0 Å². The Labute approximate surface area is 230 Å². The van der Waals surface area contributed by atoms with Gasteiger partial charge in [0.15, 0.2) is 0 Å². The number of benzene rings is 2. The first kappa shape index (κ1) is 26.9. The minimum atomic E-state index is -0.693. The predicted molar refractivity (Wildman–Crippen MR) is 153 cm³/mol. The maximum atomic E-state index is 12.9. The van der Waals surface area contributed by atoms with Gasteiger partial charge in [-0.1, -0.05) is 67.4 Å². The fourth-order valence-electron chi connectivity index (χ4n) is 4.21. The summed E-state index contributed by atoms with van der Waals surface area (Å²) >= 11 is 13.8. The van der Waals surface area contributed by atoms with Crippen molar-refractivity contribution in [3.8, 4) is 0 Å². The standard InChI is InChI=1S/C28H28Cl2N4O2S/c1-17(2)27(32-26(35)14-20-7-6-12-37-20)28(36)33-31-15-22-18(3)34(25-9-5-4-8-21(22)25)16-19-10-11-23(29)24(30)13-19/h4-13,15,17,27H,14,16H2,1-3H3,(H,32,35)(H,33,36). The molecule has 0 bridgehead atoms. The molecule has 0 aliphatic carbocycles. The zero-order valence-electron chi connectivity index (χ0n) is 20.8. The third-order valence-corrected chi connectivity index (χ3v) is 7.77. The Balaban J connectivity index is 1.51. The van der Waals surface area contributed by atoms with E-state index in [4.69, 9.17) is 23.2 Å². The van der Waals surface area contributed by atoms with Crippen molar-refractivity contribution in [2.75, 3.05) is 0 Å². The summed E-state index contributed by atoms with van der Waals surface area (Å²) in [4.78, 5) is 26.3. The summed E-state index contributed by atoms with van der Waals surface area (Å²) in [5.41, 5.74) is 6.58. The maximum absolute atomic E-state index is 12.9. The number of hydrogen-bond acceptors (Lipinski definition) is 4. The van der Waals surface area contributed by atoms with Crippen LogP contribution in [0.5, 0.6) is 0 Å². The second-order valence-electron chi connectivity index (χ2n) is 9.13. The van der Waals surface area contributed by atoms with Crippen LogP contribution in [0.15, 0.2) is 65.1 Å². The Morgan fingerprint density at radius 3 is 2.57 bits per heavy atom. The molecule has 0 aliphatic heterocycles. The Morgan fingerprint density at radius 2 is 1.86 bits per heavy atom. The van der Waals surface area contributed by atoms with E-state index in [2.05, 4.69) is 20.4 Å². The molecule has 2 heterocycles. The number of nitrogens with one attached hydrogen (secondary N) is 2. The lowest BCUT2D eigenvalue weighted by atomic mass is 10.0. The summed E-state index contributed by atoms with van der Waals surface area (Å²) in [5, 5.41) is 11.1. The Kier molecular flexibility index (Phi) is 8.69. The van der Waals surface area contributed by atoms with Gasteiger partial charge < -0.3 is 9.88 Å². The smallest absolute Gasteiger partial charge is 0.262 e. The molecule has 37 heavy (non-hydrogen) atoms. The van der Waals surface area contributed by atoms with Crippen LogP contribution in [0.3, 0.4) is 0 Å². The zero-order valence-corrected chi connectivity index (χ0v) is 23.1. The van der Waals surface area contributed by atoms with Gasteiger partial charge in [-0.3, -0.25) is 9.59 Å². The van der Waals surface area contributed by atoms with Crippen molar-refractivity contribution >= 4 is 63.5 Å². The summed E-state index contributed by atoms with van der Waals surface area (Å²) < 4.78 is 2.18. The van der Waals surface area contributed by atoms with E-state index in [1.807, 2.05) is 74.7 Å². The number of nitrogens with zero attached hydrogens (tertiary/aromatic N) is 2. The van der Waals surface area contributed by atoms with Gasteiger partial charge in [0, 0.05) is 33.6 Å². The van der Waals surface area contributed by atoms with Gasteiger partial charge in [-0.05, 0) is 48.1 Å². The van der Waals surface area contributed by atoms with E-state index < -0.39 is 6.04 Å². The van der Waals surface area contributed by atoms with Crippen LogP contribution in [-0.4, -0.2) is 28.6 Å². The fraction of sp³-hybridized carbons (Fsp3) is 0.250. The van der Waals surface area contributed by atoms with Crippen molar-refractivity contribution in [2.45, 2.75) is 39.8 Å². The molecule has 0 aliphatic rings. The van der Waals surface area contributed by atoms with Crippen LogP contribution in [0.2, 0.25) is 10.0 Å². The Hall–Kier alpha value is -3.13. The molecule has 6 nitrogen and oxygen atoms in total. The van der Waals surface area contributed by atoms with E-state index in [0.29, 0.717) is 16.6 Å². The molecule has 4 rings (SSSR count). The average molecular weight is 556 g/mol. The molecule has 192 valence electrons. The molecule has 1 unspecified atom stereocenters. The summed E-state index contributed by atoms with van der Waals surface area (Å²) in [5.74, 6) is -0.651. The summed E-state index contributed by atoms with van der Waals surface area (Å²) in [6.07, 6.45) is 1.90. The molecule has 0 radical (unpaired) electrons. The first-order chi connectivity index (χ1) is 17.7. The molecule has 0 spiro atoms. The van der Waals surface area contributed by atoms with Crippen LogP contribution >= 0.6 is 34.5 Å². The van der Waals surface area contributed by atoms with Crippen molar-refractivity contribution in [1.82, 2.24) is 15.3 Å². The summed E-state index contributed by atoms with van der Waals surface area (Å²) in [6, 6.07) is 16.8. The van der Waals surface area contributed by atoms with Crippen LogP contribution in [0.1, 0.15) is 35.5 Å². The van der Waals surface area contributed by atoms with Crippen molar-refractivity contribution in [1.29, 1.82) is 0 Å². The lowest BCUT2D eigenvalue weighted by molar-refractivity contribution is -0.129. The highest BCUT2D eigenvalue weighted by Crippen LogP contribution is 2.28. The molecule has 2 aromatic carbocycles. The van der Waals surface area contributed by atoms with Crippen molar-refractivity contribution < 1.29 is 9.59 Å². The number of thiophene rings is 1. The molecule has 2 aromatic heterocycles. The number of hydrogen-bond donors (Lipinski definition) is 2. The van der Waals surface area contributed by atoms with Gasteiger partial charge in [0.05, 0.1) is 22.7 Å². The molecule has 4 aromatic rings. The molecule has 2 N–H and O–H groups in total. The van der Waals surface area contributed by atoms with E-state index in [1.54, 1.807) is 12.3 Å². The van der Waals surface area contributed by atoms with Crippen LogP contribution < -0.4 is 10.7 Å². The van der Waals surface area contributed by atoms with Crippen molar-refractivity contribution in [3.63, 3.8) is 0 Å². The van der Waals surface area contributed by atoms with Crippen LogP contribution in [0, 0.1) is 12.8 Å². The normalized spacial score (nSPS) is 12.4. The van der Waals surface area contributed by atoms with Gasteiger partial charge >= 0.3 is 0 Å². The fourth-order valence-corrected chi connectivity index (χ4v) is 5.23. The van der Waals surface area contributed by atoms with Gasteiger partial charge in [0.2, 0.25) is 5.91 Å². The molecule has 2 amide bonds. The van der Waals surface area contributed by atoms with Gasteiger partial charge in [-0.15, -0.1) is 11.3 Å². The van der Waals surface area contributed by atoms with Crippen LogP contribution in [0.4, 0.5) is 0 Å². The highest BCUT2D eigenvalue weighted by Gasteiger charge is 2.24. The van der Waals surface area contributed by atoms with Crippen LogP contribution in [0.25, 0.3) is 10.9 Å². The number of halogens is 2. The second-order valence-corrected chi connectivity index (χ2v) is 11.0. The molecule has 0 saturated carbocycles. The monoisotopic (exact) mass is 554 g/mol. The highest BCUT2D eigenvalue weighted by molar-refractivity contribution is 7.10. The lowest BCUT2D eigenvalue weighted by Gasteiger charge is -2.20. The average Bonchev–Trinajstić information content (AvgIpc) is 3.46. The summed E-state index contributed by atoms with van der Waals surface area (Å²) in [7, 11) is 0. The number of aromatic nitrogens is 1. The second kappa shape index (κ2) is 11.9. The van der Waals surface area contributed by atoms with Gasteiger partial charge in [-0.25, -0.2) is 5.43 Å². The Bertz CT molecular complexity index is 1440. The van der Waals surface area contributed by atoms with Gasteiger partial charge in [0.1, 0.15) is 6.04 Å². The zero-order chi connectivity index (χ0) is 26.5. The third kappa shape index (κ3) is 6.42. The quantitative estimate of drug-likeness (QED) is 0.191. The van der Waals surface area contributed by atoms with E-state index >= 15 is 0 Å². The number of para-hydroxylation sites is 1. The minimum Gasteiger partial charge on any atom is -0.344 e. The van der Waals surface area contributed by atoms with Crippen molar-refractivity contribution in [3.05, 3.63) is 91.7 Å². The maximum Gasteiger partial charge on any atom is 0.262 e. The number of rotatable bonds is 9. The van der Waals surface area contributed by atoms with Crippen LogP contribution in [-0.2, 0) is 22.6 Å². The number of carbonyl (C=O) groups excluding carboxylic acids is 2.